The Balaban J connectivity index is 1.83. The van der Waals surface area contributed by atoms with Crippen LogP contribution in [0.3, 0.4) is 0 Å². The number of carbonyl (C=O) groups is 2. The summed E-state index contributed by atoms with van der Waals surface area (Å²) in [6, 6.07) is 19.3. The first-order chi connectivity index (χ1) is 15.2. The molecule has 32 heavy (non-hydrogen) atoms. The molecule has 1 amide bonds. The highest BCUT2D eigenvalue weighted by Crippen LogP contribution is 2.34. The topological polar surface area (TPSA) is 69.6 Å². The van der Waals surface area contributed by atoms with Crippen molar-refractivity contribution < 1.29 is 14.7 Å². The van der Waals surface area contributed by atoms with Crippen LogP contribution in [0.1, 0.15) is 69.9 Å². The Labute approximate surface area is 191 Å². The van der Waals surface area contributed by atoms with Gasteiger partial charge >= 0.3 is 5.97 Å². The van der Waals surface area contributed by atoms with Crippen LogP contribution in [-0.2, 0) is 9.59 Å². The van der Waals surface area contributed by atoms with Crippen molar-refractivity contribution in [3.63, 3.8) is 0 Å². The normalized spacial score (nSPS) is 18.8. The first-order valence-electron chi connectivity index (χ1n) is 11.6. The van der Waals surface area contributed by atoms with Crippen molar-refractivity contribution in [1.29, 1.82) is 0 Å². The molecular weight excluding hydrogens is 400 g/mol. The molecule has 3 rings (SSSR count). The van der Waals surface area contributed by atoms with Crippen molar-refractivity contribution >= 4 is 11.9 Å². The Hall–Kier alpha value is -2.66. The second-order valence-electron chi connectivity index (χ2n) is 9.96. The maximum absolute atomic E-state index is 13.9. The molecule has 2 aromatic rings. The van der Waals surface area contributed by atoms with Crippen LogP contribution in [0.4, 0.5) is 0 Å². The average molecular weight is 437 g/mol. The maximum Gasteiger partial charge on any atom is 0.344 e. The van der Waals surface area contributed by atoms with E-state index in [1.807, 2.05) is 60.7 Å². The molecule has 2 aromatic carbocycles. The Bertz CT molecular complexity index is 853. The lowest BCUT2D eigenvalue weighted by Crippen LogP contribution is -2.63. The highest BCUT2D eigenvalue weighted by Gasteiger charge is 2.51. The van der Waals surface area contributed by atoms with E-state index >= 15 is 0 Å². The number of nitrogens with one attached hydrogen (secondary N) is 1. The molecule has 1 aliphatic heterocycles. The van der Waals surface area contributed by atoms with Crippen LogP contribution in [0.2, 0.25) is 0 Å². The molecule has 1 aliphatic rings. The summed E-state index contributed by atoms with van der Waals surface area (Å²) in [6.45, 7) is 7.65. The third-order valence-corrected chi connectivity index (χ3v) is 6.28. The van der Waals surface area contributed by atoms with Gasteiger partial charge in [0.1, 0.15) is 0 Å². The minimum atomic E-state index is -1.35. The Morgan fingerprint density at radius 2 is 1.56 bits per heavy atom. The zero-order valence-electron chi connectivity index (χ0n) is 19.5. The van der Waals surface area contributed by atoms with Gasteiger partial charge in [-0.05, 0) is 48.8 Å². The molecule has 5 nitrogen and oxygen atoms in total. The van der Waals surface area contributed by atoms with Crippen molar-refractivity contribution in [2.24, 2.45) is 5.41 Å². The van der Waals surface area contributed by atoms with Gasteiger partial charge in [0.15, 0.2) is 5.66 Å². The number of amides is 1. The van der Waals surface area contributed by atoms with E-state index in [1.54, 1.807) is 4.90 Å². The van der Waals surface area contributed by atoms with Gasteiger partial charge in [-0.1, -0.05) is 87.9 Å². The number of aliphatic carboxylic acids is 1. The standard InChI is InChI=1S/C27H36N2O3/c1-26(2,3)17-10-11-19-28-27(25(31)32)18-12-20-29(27)24(30)23(21-13-6-4-7-14-21)22-15-8-5-9-16-22/h4-9,13-16,23,28H,10-12,17-20H2,1-3H3,(H,31,32). The van der Waals surface area contributed by atoms with E-state index in [2.05, 4.69) is 26.1 Å². The van der Waals surface area contributed by atoms with Gasteiger partial charge in [-0.3, -0.25) is 10.1 Å². The minimum absolute atomic E-state index is 0.163. The minimum Gasteiger partial charge on any atom is -0.478 e. The molecule has 1 heterocycles. The van der Waals surface area contributed by atoms with Crippen LogP contribution in [0.5, 0.6) is 0 Å². The lowest BCUT2D eigenvalue weighted by molar-refractivity contribution is -0.159. The van der Waals surface area contributed by atoms with Gasteiger partial charge in [0, 0.05) is 6.54 Å². The van der Waals surface area contributed by atoms with Gasteiger partial charge in [-0.2, -0.15) is 0 Å². The third-order valence-electron chi connectivity index (χ3n) is 6.28. The summed E-state index contributed by atoms with van der Waals surface area (Å²) in [5.74, 6) is -1.67. The van der Waals surface area contributed by atoms with E-state index in [9.17, 15) is 14.7 Å². The zero-order chi connectivity index (χ0) is 23.2. The molecule has 0 radical (unpaired) electrons. The van der Waals surface area contributed by atoms with Gasteiger partial charge in [0.05, 0.1) is 5.92 Å². The third kappa shape index (κ3) is 5.57. The fraction of sp³-hybridized carbons (Fsp3) is 0.481. The number of unbranched alkanes of at least 4 members (excludes halogenated alkanes) is 1. The molecule has 0 aromatic heterocycles. The van der Waals surface area contributed by atoms with E-state index in [0.29, 0.717) is 25.9 Å². The van der Waals surface area contributed by atoms with Crippen LogP contribution >= 0.6 is 0 Å². The number of carboxylic acids is 1. The van der Waals surface area contributed by atoms with Crippen LogP contribution in [0.25, 0.3) is 0 Å². The molecular formula is C27H36N2O3. The summed E-state index contributed by atoms with van der Waals surface area (Å²) in [4.78, 5) is 28.0. The van der Waals surface area contributed by atoms with Crippen LogP contribution in [0.15, 0.2) is 60.7 Å². The summed E-state index contributed by atoms with van der Waals surface area (Å²) in [7, 11) is 0. The fourth-order valence-electron chi connectivity index (χ4n) is 4.60. The van der Waals surface area contributed by atoms with E-state index in [0.717, 1.165) is 30.4 Å². The molecule has 0 saturated carbocycles. The summed E-state index contributed by atoms with van der Waals surface area (Å²) < 4.78 is 0. The van der Waals surface area contributed by atoms with Crippen LogP contribution < -0.4 is 5.32 Å². The lowest BCUT2D eigenvalue weighted by Gasteiger charge is -2.38. The zero-order valence-corrected chi connectivity index (χ0v) is 19.5. The summed E-state index contributed by atoms with van der Waals surface area (Å²) in [5.41, 5.74) is 0.666. The monoisotopic (exact) mass is 436 g/mol. The van der Waals surface area contributed by atoms with Crippen molar-refractivity contribution in [3.05, 3.63) is 71.8 Å². The lowest BCUT2D eigenvalue weighted by atomic mass is 9.89. The molecule has 0 bridgehead atoms. The van der Waals surface area contributed by atoms with Crippen molar-refractivity contribution in [2.45, 2.75) is 64.5 Å². The molecule has 1 fully saturated rings. The predicted octanol–water partition coefficient (Wildman–Crippen LogP) is 5.03. The van der Waals surface area contributed by atoms with Crippen LogP contribution in [0, 0.1) is 5.41 Å². The second kappa shape index (κ2) is 10.3. The Morgan fingerprint density at radius 3 is 2.06 bits per heavy atom. The van der Waals surface area contributed by atoms with Crippen molar-refractivity contribution in [1.82, 2.24) is 10.2 Å². The number of nitrogens with zero attached hydrogens (tertiary/aromatic N) is 1. The summed E-state index contributed by atoms with van der Waals surface area (Å²) in [6.07, 6.45) is 4.08. The van der Waals surface area contributed by atoms with Crippen molar-refractivity contribution in [2.75, 3.05) is 13.1 Å². The molecule has 172 valence electrons. The molecule has 1 atom stereocenters. The summed E-state index contributed by atoms with van der Waals surface area (Å²) >= 11 is 0. The first-order valence-corrected chi connectivity index (χ1v) is 11.6. The fourth-order valence-corrected chi connectivity index (χ4v) is 4.60. The quantitative estimate of drug-likeness (QED) is 0.541. The van der Waals surface area contributed by atoms with Gasteiger partial charge in [-0.15, -0.1) is 0 Å². The molecule has 0 aliphatic carbocycles. The number of likely N-dealkylation sites (tertiary alicyclic amines) is 1. The average Bonchev–Trinajstić information content (AvgIpc) is 3.20. The predicted molar refractivity (Wildman–Crippen MR) is 127 cm³/mol. The Morgan fingerprint density at radius 1 is 1.00 bits per heavy atom. The number of hydrogen-bond donors (Lipinski definition) is 2. The number of carboxylic acid groups (broad SMARTS) is 1. The molecule has 5 heteroatoms. The van der Waals surface area contributed by atoms with Gasteiger partial charge in [0.2, 0.25) is 5.91 Å². The second-order valence-corrected chi connectivity index (χ2v) is 9.96. The number of hydrogen-bond acceptors (Lipinski definition) is 3. The molecule has 1 unspecified atom stereocenters. The van der Waals surface area contributed by atoms with Gasteiger partial charge < -0.3 is 10.0 Å². The van der Waals surface area contributed by atoms with Crippen LogP contribution in [-0.4, -0.2) is 40.6 Å². The summed E-state index contributed by atoms with van der Waals surface area (Å²) in [5, 5.41) is 13.5. The largest absolute Gasteiger partial charge is 0.478 e. The Kier molecular flexibility index (Phi) is 7.73. The van der Waals surface area contributed by atoms with Crippen molar-refractivity contribution in [3.8, 4) is 0 Å². The smallest absolute Gasteiger partial charge is 0.344 e. The first kappa shape index (κ1) is 24.0. The SMILES string of the molecule is CC(C)(C)CCCCNC1(C(=O)O)CCCN1C(=O)C(c1ccccc1)c1ccccc1. The van der Waals surface area contributed by atoms with Gasteiger partial charge in [-0.25, -0.2) is 4.79 Å². The van der Waals surface area contributed by atoms with E-state index in [1.165, 1.54) is 0 Å². The number of benzene rings is 2. The van der Waals surface area contributed by atoms with E-state index < -0.39 is 17.6 Å². The highest BCUT2D eigenvalue weighted by atomic mass is 16.4. The number of carbonyl (C=O) groups excluding carboxylic acids is 1. The van der Waals surface area contributed by atoms with Gasteiger partial charge in [0.25, 0.3) is 0 Å². The highest BCUT2D eigenvalue weighted by molar-refractivity contribution is 5.93. The molecule has 2 N–H and O–H groups in total. The van der Waals surface area contributed by atoms with E-state index in [4.69, 9.17) is 0 Å². The van der Waals surface area contributed by atoms with E-state index in [-0.39, 0.29) is 11.3 Å². The molecule has 1 saturated heterocycles. The maximum atomic E-state index is 13.9. The number of rotatable bonds is 9. The molecule has 0 spiro atoms.